The first kappa shape index (κ1) is 16.8. The molecule has 1 N–H and O–H groups in total. The number of hydrogen-bond acceptors (Lipinski definition) is 5. The highest BCUT2D eigenvalue weighted by Gasteiger charge is 2.23. The number of likely N-dealkylation sites (tertiary alicyclic amines) is 1. The van der Waals surface area contributed by atoms with Crippen LogP contribution < -0.4 is 5.32 Å². The quantitative estimate of drug-likeness (QED) is 0.914. The Labute approximate surface area is 146 Å². The zero-order valence-corrected chi connectivity index (χ0v) is 14.4. The van der Waals surface area contributed by atoms with Gasteiger partial charge in [0.1, 0.15) is 6.04 Å². The number of rotatable bonds is 4. The van der Waals surface area contributed by atoms with Crippen molar-refractivity contribution in [2.24, 2.45) is 0 Å². The van der Waals surface area contributed by atoms with Gasteiger partial charge >= 0.3 is 6.01 Å². The maximum atomic E-state index is 12.5. The third-order valence-corrected chi connectivity index (χ3v) is 4.40. The van der Waals surface area contributed by atoms with Gasteiger partial charge in [0.15, 0.2) is 0 Å². The molecule has 0 radical (unpaired) electrons. The number of carbonyl (C=O) groups is 1. The standard InChI is InChI=1S/C17H21ClN4O2/c1-12(16(23)22-10-4-2-3-5-11-22)19-17-21-20-15(24-17)13-6-8-14(18)9-7-13/h6-9,12H,2-5,10-11H2,1H3,(H,19,21)/t12-/m1/s1. The minimum absolute atomic E-state index is 0.0724. The molecule has 0 saturated carbocycles. The van der Waals surface area contributed by atoms with Crippen LogP contribution in [0.5, 0.6) is 0 Å². The summed E-state index contributed by atoms with van der Waals surface area (Å²) in [6.45, 7) is 3.47. The summed E-state index contributed by atoms with van der Waals surface area (Å²) < 4.78 is 5.60. The van der Waals surface area contributed by atoms with E-state index < -0.39 is 6.04 Å². The van der Waals surface area contributed by atoms with Crippen molar-refractivity contribution < 1.29 is 9.21 Å². The summed E-state index contributed by atoms with van der Waals surface area (Å²) in [7, 11) is 0. The molecule has 0 bridgehead atoms. The molecule has 2 heterocycles. The smallest absolute Gasteiger partial charge is 0.316 e. The number of nitrogens with one attached hydrogen (secondary N) is 1. The van der Waals surface area contributed by atoms with Crippen LogP contribution in [0.1, 0.15) is 32.6 Å². The molecule has 1 aromatic heterocycles. The predicted octanol–water partition coefficient (Wildman–Crippen LogP) is 3.59. The lowest BCUT2D eigenvalue weighted by Gasteiger charge is -2.24. The molecule has 7 heteroatoms. The Kier molecular flexibility index (Phi) is 5.35. The van der Waals surface area contributed by atoms with E-state index in [1.54, 1.807) is 12.1 Å². The molecule has 1 amide bonds. The van der Waals surface area contributed by atoms with Crippen molar-refractivity contribution in [2.75, 3.05) is 18.4 Å². The highest BCUT2D eigenvalue weighted by molar-refractivity contribution is 6.30. The minimum Gasteiger partial charge on any atom is -0.403 e. The Morgan fingerprint density at radius 3 is 2.50 bits per heavy atom. The van der Waals surface area contributed by atoms with E-state index in [2.05, 4.69) is 15.5 Å². The molecule has 1 atom stereocenters. The molecule has 0 spiro atoms. The van der Waals surface area contributed by atoms with Gasteiger partial charge in [0.2, 0.25) is 11.8 Å². The first-order chi connectivity index (χ1) is 11.6. The third-order valence-electron chi connectivity index (χ3n) is 4.14. The number of amides is 1. The Morgan fingerprint density at radius 1 is 1.17 bits per heavy atom. The minimum atomic E-state index is -0.401. The van der Waals surface area contributed by atoms with Crippen LogP contribution in [0.3, 0.4) is 0 Å². The van der Waals surface area contributed by atoms with Crippen LogP contribution in [-0.2, 0) is 4.79 Å². The molecule has 24 heavy (non-hydrogen) atoms. The molecule has 6 nitrogen and oxygen atoms in total. The van der Waals surface area contributed by atoms with Crippen LogP contribution in [0.15, 0.2) is 28.7 Å². The lowest BCUT2D eigenvalue weighted by molar-refractivity contribution is -0.131. The molecule has 0 aliphatic carbocycles. The first-order valence-corrected chi connectivity index (χ1v) is 8.66. The van der Waals surface area contributed by atoms with E-state index >= 15 is 0 Å². The maximum Gasteiger partial charge on any atom is 0.316 e. The van der Waals surface area contributed by atoms with Gasteiger partial charge in [-0.1, -0.05) is 29.5 Å². The highest BCUT2D eigenvalue weighted by Crippen LogP contribution is 2.22. The number of hydrogen-bond donors (Lipinski definition) is 1. The first-order valence-electron chi connectivity index (χ1n) is 8.28. The van der Waals surface area contributed by atoms with Crippen LogP contribution in [0, 0.1) is 0 Å². The molecular weight excluding hydrogens is 328 g/mol. The van der Waals surface area contributed by atoms with Gasteiger partial charge in [0.05, 0.1) is 0 Å². The number of nitrogens with zero attached hydrogens (tertiary/aromatic N) is 3. The van der Waals surface area contributed by atoms with Crippen LogP contribution in [0.4, 0.5) is 6.01 Å². The van der Waals surface area contributed by atoms with Gasteiger partial charge in [-0.15, -0.1) is 5.10 Å². The second-order valence-corrected chi connectivity index (χ2v) is 6.46. The summed E-state index contributed by atoms with van der Waals surface area (Å²) in [5.74, 6) is 0.465. The summed E-state index contributed by atoms with van der Waals surface area (Å²) >= 11 is 5.87. The SMILES string of the molecule is C[C@@H](Nc1nnc(-c2ccc(Cl)cc2)o1)C(=O)N1CCCCCC1. The third kappa shape index (κ3) is 4.06. The second kappa shape index (κ2) is 7.66. The summed E-state index contributed by atoms with van der Waals surface area (Å²) in [5.41, 5.74) is 0.784. The van der Waals surface area contributed by atoms with Gasteiger partial charge < -0.3 is 14.6 Å². The fourth-order valence-corrected chi connectivity index (χ4v) is 2.93. The van der Waals surface area contributed by atoms with E-state index in [0.29, 0.717) is 10.9 Å². The molecule has 1 aliphatic rings. The van der Waals surface area contributed by atoms with E-state index in [1.165, 1.54) is 12.8 Å². The summed E-state index contributed by atoms with van der Waals surface area (Å²) in [5, 5.41) is 11.6. The van der Waals surface area contributed by atoms with Crippen molar-refractivity contribution in [1.29, 1.82) is 0 Å². The van der Waals surface area contributed by atoms with E-state index in [0.717, 1.165) is 31.5 Å². The monoisotopic (exact) mass is 348 g/mol. The number of aromatic nitrogens is 2. The number of anilines is 1. The zero-order chi connectivity index (χ0) is 16.9. The number of halogens is 1. The number of benzene rings is 1. The fourth-order valence-electron chi connectivity index (χ4n) is 2.80. The van der Waals surface area contributed by atoms with Crippen molar-refractivity contribution in [3.63, 3.8) is 0 Å². The summed E-state index contributed by atoms with van der Waals surface area (Å²) in [6, 6.07) is 6.99. The summed E-state index contributed by atoms with van der Waals surface area (Å²) in [6.07, 6.45) is 4.53. The van der Waals surface area contributed by atoms with Gasteiger partial charge in [0, 0.05) is 23.7 Å². The van der Waals surface area contributed by atoms with E-state index in [-0.39, 0.29) is 11.9 Å². The zero-order valence-electron chi connectivity index (χ0n) is 13.7. The molecule has 3 rings (SSSR count). The summed E-state index contributed by atoms with van der Waals surface area (Å²) in [4.78, 5) is 14.4. The van der Waals surface area contributed by atoms with Crippen molar-refractivity contribution in [3.8, 4) is 11.5 Å². The molecule has 1 aromatic carbocycles. The fraction of sp³-hybridized carbons (Fsp3) is 0.471. The predicted molar refractivity (Wildman–Crippen MR) is 92.9 cm³/mol. The van der Waals surface area contributed by atoms with Crippen LogP contribution in [-0.4, -0.2) is 40.1 Å². The van der Waals surface area contributed by atoms with Crippen LogP contribution in [0.25, 0.3) is 11.5 Å². The maximum absolute atomic E-state index is 12.5. The average molecular weight is 349 g/mol. The molecule has 1 saturated heterocycles. The van der Waals surface area contributed by atoms with Gasteiger partial charge in [-0.05, 0) is 44.0 Å². The Morgan fingerprint density at radius 2 is 1.83 bits per heavy atom. The van der Waals surface area contributed by atoms with E-state index in [4.69, 9.17) is 16.0 Å². The second-order valence-electron chi connectivity index (χ2n) is 6.02. The highest BCUT2D eigenvalue weighted by atomic mass is 35.5. The van der Waals surface area contributed by atoms with Gasteiger partial charge in [0.25, 0.3) is 0 Å². The Hall–Kier alpha value is -2.08. The van der Waals surface area contributed by atoms with Crippen molar-refractivity contribution in [3.05, 3.63) is 29.3 Å². The molecule has 0 unspecified atom stereocenters. The topological polar surface area (TPSA) is 71.3 Å². The Bertz CT molecular complexity index is 678. The normalized spacial score (nSPS) is 16.5. The molecule has 1 aliphatic heterocycles. The molecule has 1 fully saturated rings. The lowest BCUT2D eigenvalue weighted by atomic mass is 10.2. The van der Waals surface area contributed by atoms with E-state index in [1.807, 2.05) is 24.0 Å². The average Bonchev–Trinajstić information content (AvgIpc) is 2.88. The molecular formula is C17H21ClN4O2. The van der Waals surface area contributed by atoms with Crippen molar-refractivity contribution >= 4 is 23.5 Å². The van der Waals surface area contributed by atoms with Crippen molar-refractivity contribution in [2.45, 2.75) is 38.6 Å². The van der Waals surface area contributed by atoms with Crippen LogP contribution >= 0.6 is 11.6 Å². The largest absolute Gasteiger partial charge is 0.403 e. The van der Waals surface area contributed by atoms with Crippen molar-refractivity contribution in [1.82, 2.24) is 15.1 Å². The van der Waals surface area contributed by atoms with Gasteiger partial charge in [-0.3, -0.25) is 4.79 Å². The van der Waals surface area contributed by atoms with Crippen LogP contribution in [0.2, 0.25) is 5.02 Å². The van der Waals surface area contributed by atoms with E-state index in [9.17, 15) is 4.79 Å². The molecule has 128 valence electrons. The lowest BCUT2D eigenvalue weighted by Crippen LogP contribution is -2.41. The van der Waals surface area contributed by atoms with Gasteiger partial charge in [-0.25, -0.2) is 0 Å². The van der Waals surface area contributed by atoms with Gasteiger partial charge in [-0.2, -0.15) is 0 Å². The Balaban J connectivity index is 1.63. The molecule has 2 aromatic rings. The number of carbonyl (C=O) groups excluding carboxylic acids is 1.